The molecule has 0 atom stereocenters. The van der Waals surface area contributed by atoms with Crippen molar-refractivity contribution in [1.82, 2.24) is 31.5 Å². The minimum Gasteiger partial charge on any atom is -0.364 e. The first-order chi connectivity index (χ1) is 12.7. The Bertz CT molecular complexity index is 736. The van der Waals surface area contributed by atoms with E-state index >= 15 is 0 Å². The number of pyridine rings is 2. The van der Waals surface area contributed by atoms with Crippen LogP contribution in [0.1, 0.15) is 11.4 Å². The minimum atomic E-state index is 0.359. The third-order valence-electron chi connectivity index (χ3n) is 3.03. The molecule has 0 unspecified atom stereocenters. The molecular weight excluding hydrogens is 368 g/mol. The fraction of sp³-hybridized carbons (Fsp3) is 0.125. The van der Waals surface area contributed by atoms with Gasteiger partial charge in [0.05, 0.1) is 11.4 Å². The molecular formula is C16H18N8S2. The highest BCUT2D eigenvalue weighted by Crippen LogP contribution is 2.06. The molecule has 2 heterocycles. The van der Waals surface area contributed by atoms with Gasteiger partial charge in [0.25, 0.3) is 0 Å². The summed E-state index contributed by atoms with van der Waals surface area (Å²) in [4.78, 5) is 8.71. The van der Waals surface area contributed by atoms with E-state index in [2.05, 4.69) is 41.7 Å². The lowest BCUT2D eigenvalue weighted by Gasteiger charge is -2.11. The summed E-state index contributed by atoms with van der Waals surface area (Å²) in [6, 6.07) is 11.0. The molecule has 0 aliphatic carbocycles. The van der Waals surface area contributed by atoms with Gasteiger partial charge in [-0.25, -0.2) is 0 Å². The molecule has 26 heavy (non-hydrogen) atoms. The molecule has 0 bridgehead atoms. The summed E-state index contributed by atoms with van der Waals surface area (Å²) in [6.45, 7) is 0. The van der Waals surface area contributed by atoms with Crippen LogP contribution < -0.4 is 21.5 Å². The van der Waals surface area contributed by atoms with E-state index in [9.17, 15) is 0 Å². The molecule has 0 saturated carbocycles. The highest BCUT2D eigenvalue weighted by atomic mass is 32.1. The SMILES string of the molecule is CNC(=S)N/N=C(/C(=N/NC(=S)NC)c1ccccn1)c1ccccn1. The predicted molar refractivity (Wildman–Crippen MR) is 111 cm³/mol. The molecule has 2 rings (SSSR count). The van der Waals surface area contributed by atoms with Crippen molar-refractivity contribution >= 4 is 46.1 Å². The Kier molecular flexibility index (Phi) is 7.52. The van der Waals surface area contributed by atoms with Crippen LogP contribution in [0.5, 0.6) is 0 Å². The van der Waals surface area contributed by atoms with Crippen LogP contribution in [0.25, 0.3) is 0 Å². The van der Waals surface area contributed by atoms with Crippen molar-refractivity contribution in [2.75, 3.05) is 14.1 Å². The van der Waals surface area contributed by atoms with Crippen LogP contribution in [-0.2, 0) is 0 Å². The number of hydrogen-bond donors (Lipinski definition) is 4. The van der Waals surface area contributed by atoms with Crippen molar-refractivity contribution in [3.8, 4) is 0 Å². The normalized spacial score (nSPS) is 11.5. The molecule has 4 N–H and O–H groups in total. The Morgan fingerprint density at radius 3 is 1.50 bits per heavy atom. The van der Waals surface area contributed by atoms with E-state index in [1.807, 2.05) is 36.4 Å². The summed E-state index contributed by atoms with van der Waals surface area (Å²) in [7, 11) is 3.40. The molecule has 2 aromatic heterocycles. The number of hydrogen-bond acceptors (Lipinski definition) is 6. The summed E-state index contributed by atoms with van der Waals surface area (Å²) >= 11 is 10.2. The molecule has 0 amide bonds. The second-order valence-corrected chi connectivity index (χ2v) is 5.55. The Labute approximate surface area is 162 Å². The maximum Gasteiger partial charge on any atom is 0.186 e. The number of aromatic nitrogens is 2. The highest BCUT2D eigenvalue weighted by molar-refractivity contribution is 7.80. The molecule has 8 nitrogen and oxygen atoms in total. The molecule has 0 fully saturated rings. The molecule has 0 radical (unpaired) electrons. The standard InChI is InChI=1S/C16H18N8S2/c1-17-15(25)23-21-13(11-7-3-5-9-19-11)14(22-24-16(26)18-2)12-8-4-6-10-20-12/h3-10H,1-2H3,(H2,17,23,25)(H2,18,24,26)/b21-13+,22-14+. The van der Waals surface area contributed by atoms with E-state index in [0.29, 0.717) is 33.0 Å². The van der Waals surface area contributed by atoms with Crippen LogP contribution in [0.2, 0.25) is 0 Å². The molecule has 2 aromatic rings. The number of hydrazone groups is 2. The third-order valence-corrected chi connectivity index (χ3v) is 3.62. The maximum atomic E-state index is 5.10. The number of rotatable bonds is 5. The van der Waals surface area contributed by atoms with Gasteiger partial charge in [0.1, 0.15) is 11.4 Å². The van der Waals surface area contributed by atoms with E-state index in [4.69, 9.17) is 24.4 Å². The lowest BCUT2D eigenvalue weighted by Crippen LogP contribution is -2.34. The van der Waals surface area contributed by atoms with E-state index < -0.39 is 0 Å². The third kappa shape index (κ3) is 5.53. The number of nitrogens with zero attached hydrogens (tertiary/aromatic N) is 4. The second-order valence-electron chi connectivity index (χ2n) is 4.73. The van der Waals surface area contributed by atoms with Crippen LogP contribution in [0, 0.1) is 0 Å². The van der Waals surface area contributed by atoms with Crippen molar-refractivity contribution in [1.29, 1.82) is 0 Å². The van der Waals surface area contributed by atoms with E-state index in [-0.39, 0.29) is 0 Å². The average Bonchev–Trinajstić information content (AvgIpc) is 2.71. The number of thiocarbonyl (C=S) groups is 2. The van der Waals surface area contributed by atoms with Crippen molar-refractivity contribution in [3.63, 3.8) is 0 Å². The van der Waals surface area contributed by atoms with Gasteiger partial charge in [0, 0.05) is 26.5 Å². The molecule has 0 saturated heterocycles. The zero-order chi connectivity index (χ0) is 18.8. The second kappa shape index (κ2) is 10.1. The first-order valence-electron chi connectivity index (χ1n) is 7.59. The van der Waals surface area contributed by atoms with Gasteiger partial charge in [-0.15, -0.1) is 0 Å². The van der Waals surface area contributed by atoms with Gasteiger partial charge >= 0.3 is 0 Å². The van der Waals surface area contributed by atoms with E-state index in [1.165, 1.54) is 0 Å². The molecule has 0 aliphatic rings. The van der Waals surface area contributed by atoms with Gasteiger partial charge in [-0.05, 0) is 48.7 Å². The first-order valence-corrected chi connectivity index (χ1v) is 8.41. The molecule has 0 aliphatic heterocycles. The van der Waals surface area contributed by atoms with Gasteiger partial charge < -0.3 is 10.6 Å². The van der Waals surface area contributed by atoms with E-state index in [1.54, 1.807) is 26.5 Å². The fourth-order valence-electron chi connectivity index (χ4n) is 1.79. The van der Waals surface area contributed by atoms with Gasteiger partial charge in [-0.2, -0.15) is 10.2 Å². The number of nitrogens with one attached hydrogen (secondary N) is 4. The topological polar surface area (TPSA) is 98.6 Å². The maximum absolute atomic E-state index is 5.10. The Balaban J connectivity index is 2.53. The van der Waals surface area contributed by atoms with Crippen molar-refractivity contribution in [2.45, 2.75) is 0 Å². The van der Waals surface area contributed by atoms with Gasteiger partial charge in [0.2, 0.25) is 0 Å². The van der Waals surface area contributed by atoms with Crippen LogP contribution in [0.3, 0.4) is 0 Å². The summed E-state index contributed by atoms with van der Waals surface area (Å²) in [5.41, 5.74) is 7.63. The molecule has 134 valence electrons. The Morgan fingerprint density at radius 1 is 0.769 bits per heavy atom. The summed E-state index contributed by atoms with van der Waals surface area (Å²) in [6.07, 6.45) is 3.34. The fourth-order valence-corrected chi connectivity index (χ4v) is 1.89. The Hall–Kier alpha value is -2.98. The predicted octanol–water partition coefficient (Wildman–Crippen LogP) is 0.773. The van der Waals surface area contributed by atoms with Crippen LogP contribution in [0.15, 0.2) is 59.0 Å². The summed E-state index contributed by atoms with van der Waals surface area (Å²) in [5, 5.41) is 15.1. The highest BCUT2D eigenvalue weighted by Gasteiger charge is 2.18. The lowest BCUT2D eigenvalue weighted by atomic mass is 10.1. The first kappa shape index (κ1) is 19.3. The average molecular weight is 387 g/mol. The largest absolute Gasteiger partial charge is 0.364 e. The summed E-state index contributed by atoms with van der Waals surface area (Å²) < 4.78 is 0. The van der Waals surface area contributed by atoms with E-state index in [0.717, 1.165) is 0 Å². The summed E-state index contributed by atoms with van der Waals surface area (Å²) in [5.74, 6) is 0. The van der Waals surface area contributed by atoms with Crippen molar-refractivity contribution < 1.29 is 0 Å². The zero-order valence-electron chi connectivity index (χ0n) is 14.2. The molecule has 10 heteroatoms. The molecule has 0 aromatic carbocycles. The lowest BCUT2D eigenvalue weighted by molar-refractivity contribution is 0.964. The zero-order valence-corrected chi connectivity index (χ0v) is 15.9. The quantitative estimate of drug-likeness (QED) is 0.340. The van der Waals surface area contributed by atoms with Gasteiger partial charge in [-0.1, -0.05) is 12.1 Å². The minimum absolute atomic E-state index is 0.359. The Morgan fingerprint density at radius 2 is 1.19 bits per heavy atom. The monoisotopic (exact) mass is 386 g/mol. The molecule has 0 spiro atoms. The smallest absolute Gasteiger partial charge is 0.186 e. The van der Waals surface area contributed by atoms with Crippen LogP contribution >= 0.6 is 24.4 Å². The van der Waals surface area contributed by atoms with Crippen molar-refractivity contribution in [2.24, 2.45) is 10.2 Å². The van der Waals surface area contributed by atoms with Gasteiger partial charge in [-0.3, -0.25) is 20.8 Å². The van der Waals surface area contributed by atoms with Crippen LogP contribution in [-0.4, -0.2) is 45.7 Å². The van der Waals surface area contributed by atoms with Gasteiger partial charge in [0.15, 0.2) is 10.2 Å². The van der Waals surface area contributed by atoms with Crippen molar-refractivity contribution in [3.05, 3.63) is 60.2 Å². The van der Waals surface area contributed by atoms with Crippen LogP contribution in [0.4, 0.5) is 0 Å².